The second-order valence-corrected chi connectivity index (χ2v) is 6.04. The van der Waals surface area contributed by atoms with Crippen molar-refractivity contribution in [1.82, 2.24) is 4.90 Å². The molecule has 1 N–H and O–H groups in total. The number of hydrogen-bond donors (Lipinski definition) is 1. The highest BCUT2D eigenvalue weighted by Gasteiger charge is 2.31. The monoisotopic (exact) mass is 281 g/mol. The molecule has 0 radical (unpaired) electrons. The third-order valence-electron chi connectivity index (χ3n) is 4.42. The largest absolute Gasteiger partial charge is 0.395 e. The van der Waals surface area contributed by atoms with Crippen LogP contribution in [0.25, 0.3) is 0 Å². The zero-order chi connectivity index (χ0) is 14.5. The Kier molecular flexibility index (Phi) is 4.69. The topological polar surface area (TPSA) is 23.5 Å². The smallest absolute Gasteiger partial charge is 0.0587 e. The van der Waals surface area contributed by atoms with Gasteiger partial charge < -0.3 is 5.11 Å². The van der Waals surface area contributed by atoms with E-state index in [4.69, 9.17) is 0 Å². The van der Waals surface area contributed by atoms with Gasteiger partial charge in [0.05, 0.1) is 6.61 Å². The first-order valence-electron chi connectivity index (χ1n) is 7.78. The molecule has 2 aromatic rings. The van der Waals surface area contributed by atoms with E-state index in [0.29, 0.717) is 12.0 Å². The first kappa shape index (κ1) is 14.3. The highest BCUT2D eigenvalue weighted by molar-refractivity contribution is 5.17. The van der Waals surface area contributed by atoms with E-state index in [2.05, 4.69) is 65.6 Å². The van der Waals surface area contributed by atoms with Gasteiger partial charge in [-0.25, -0.2) is 0 Å². The number of nitrogens with zero attached hydrogens (tertiary/aromatic N) is 1. The van der Waals surface area contributed by atoms with Crippen LogP contribution in [0, 0.1) is 5.92 Å². The van der Waals surface area contributed by atoms with E-state index in [1.165, 1.54) is 11.1 Å². The Balaban J connectivity index is 1.63. The summed E-state index contributed by atoms with van der Waals surface area (Å²) < 4.78 is 0. The molecule has 0 spiro atoms. The van der Waals surface area contributed by atoms with Crippen LogP contribution >= 0.6 is 0 Å². The van der Waals surface area contributed by atoms with Gasteiger partial charge in [0, 0.05) is 19.1 Å². The minimum absolute atomic E-state index is 0.262. The summed E-state index contributed by atoms with van der Waals surface area (Å²) in [6.45, 7) is 2.28. The molecule has 1 fully saturated rings. The molecule has 0 saturated carbocycles. The average Bonchev–Trinajstić information content (AvgIpc) is 2.91. The van der Waals surface area contributed by atoms with Gasteiger partial charge in [0.25, 0.3) is 0 Å². The summed E-state index contributed by atoms with van der Waals surface area (Å²) in [6.07, 6.45) is 2.21. The summed E-state index contributed by atoms with van der Waals surface area (Å²) in [5, 5.41) is 9.66. The van der Waals surface area contributed by atoms with Crippen LogP contribution in [0.1, 0.15) is 17.5 Å². The maximum Gasteiger partial charge on any atom is 0.0587 e. The van der Waals surface area contributed by atoms with E-state index in [1.54, 1.807) is 0 Å². The van der Waals surface area contributed by atoms with Crippen LogP contribution < -0.4 is 0 Å². The van der Waals surface area contributed by atoms with Gasteiger partial charge in [-0.15, -0.1) is 0 Å². The van der Waals surface area contributed by atoms with E-state index in [-0.39, 0.29) is 6.61 Å². The Morgan fingerprint density at radius 2 is 1.52 bits per heavy atom. The number of hydrogen-bond acceptors (Lipinski definition) is 2. The molecule has 1 aliphatic rings. The summed E-state index contributed by atoms with van der Waals surface area (Å²) in [4.78, 5) is 2.43. The molecule has 1 heterocycles. The quantitative estimate of drug-likeness (QED) is 0.910. The predicted molar refractivity (Wildman–Crippen MR) is 86.0 cm³/mol. The molecule has 1 aliphatic heterocycles. The van der Waals surface area contributed by atoms with Crippen LogP contribution in [0.5, 0.6) is 0 Å². The van der Waals surface area contributed by atoms with Gasteiger partial charge in [0.15, 0.2) is 0 Å². The molecule has 21 heavy (non-hydrogen) atoms. The molecule has 110 valence electrons. The highest BCUT2D eigenvalue weighted by Crippen LogP contribution is 2.27. The average molecular weight is 281 g/mol. The van der Waals surface area contributed by atoms with E-state index in [0.717, 1.165) is 25.9 Å². The summed E-state index contributed by atoms with van der Waals surface area (Å²) in [6, 6.07) is 21.5. The number of aliphatic hydroxyl groups is 1. The van der Waals surface area contributed by atoms with Crippen molar-refractivity contribution in [3.05, 3.63) is 71.8 Å². The van der Waals surface area contributed by atoms with Crippen LogP contribution in [0.3, 0.4) is 0 Å². The SMILES string of the molecule is OC[C@@H]1C[C@H](Cc2ccccc2)CN1Cc1ccccc1. The zero-order valence-electron chi connectivity index (χ0n) is 12.4. The number of likely N-dealkylation sites (tertiary alicyclic amines) is 1. The third kappa shape index (κ3) is 3.72. The van der Waals surface area contributed by atoms with Crippen molar-refractivity contribution in [3.8, 4) is 0 Å². The van der Waals surface area contributed by atoms with Crippen LogP contribution in [0.15, 0.2) is 60.7 Å². The Morgan fingerprint density at radius 3 is 2.14 bits per heavy atom. The van der Waals surface area contributed by atoms with Crippen molar-refractivity contribution < 1.29 is 5.11 Å². The van der Waals surface area contributed by atoms with Crippen molar-refractivity contribution in [1.29, 1.82) is 0 Å². The Labute approximate surface area is 127 Å². The lowest BCUT2D eigenvalue weighted by molar-refractivity contribution is 0.153. The van der Waals surface area contributed by atoms with Gasteiger partial charge in [-0.1, -0.05) is 60.7 Å². The third-order valence-corrected chi connectivity index (χ3v) is 4.42. The molecule has 0 amide bonds. The van der Waals surface area contributed by atoms with Gasteiger partial charge in [-0.2, -0.15) is 0 Å². The molecule has 0 aromatic heterocycles. The Bertz CT molecular complexity index is 540. The van der Waals surface area contributed by atoms with Crippen molar-refractivity contribution in [2.45, 2.75) is 25.4 Å². The van der Waals surface area contributed by atoms with Crippen molar-refractivity contribution in [3.63, 3.8) is 0 Å². The van der Waals surface area contributed by atoms with E-state index >= 15 is 0 Å². The molecule has 1 saturated heterocycles. The van der Waals surface area contributed by atoms with Crippen LogP contribution in [0.2, 0.25) is 0 Å². The first-order valence-corrected chi connectivity index (χ1v) is 7.78. The predicted octanol–water partition coefficient (Wildman–Crippen LogP) is 3.11. The molecule has 2 aromatic carbocycles. The molecule has 0 unspecified atom stereocenters. The standard InChI is InChI=1S/C19H23NO/c21-15-19-12-18(11-16-7-3-1-4-8-16)14-20(19)13-17-9-5-2-6-10-17/h1-10,18-19,21H,11-15H2/t18-,19-/m0/s1. The van der Waals surface area contributed by atoms with Crippen molar-refractivity contribution >= 4 is 0 Å². The number of rotatable bonds is 5. The summed E-state index contributed by atoms with van der Waals surface area (Å²) >= 11 is 0. The Morgan fingerprint density at radius 1 is 0.905 bits per heavy atom. The maximum absolute atomic E-state index is 9.66. The van der Waals surface area contributed by atoms with Crippen LogP contribution in [-0.4, -0.2) is 29.2 Å². The molecular formula is C19H23NO. The highest BCUT2D eigenvalue weighted by atomic mass is 16.3. The second-order valence-electron chi connectivity index (χ2n) is 6.04. The van der Waals surface area contributed by atoms with Gasteiger partial charge in [0.2, 0.25) is 0 Å². The lowest BCUT2D eigenvalue weighted by Crippen LogP contribution is -2.31. The van der Waals surface area contributed by atoms with Gasteiger partial charge in [-0.05, 0) is 29.9 Å². The van der Waals surface area contributed by atoms with E-state index < -0.39 is 0 Å². The molecule has 3 rings (SSSR count). The molecule has 2 nitrogen and oxygen atoms in total. The fourth-order valence-corrected chi connectivity index (χ4v) is 3.39. The number of benzene rings is 2. The fraction of sp³-hybridized carbons (Fsp3) is 0.368. The summed E-state index contributed by atoms with van der Waals surface area (Å²) in [5.74, 6) is 0.647. The van der Waals surface area contributed by atoms with E-state index in [9.17, 15) is 5.11 Å². The van der Waals surface area contributed by atoms with Gasteiger partial charge in [-0.3, -0.25) is 4.90 Å². The number of aliphatic hydroxyl groups excluding tert-OH is 1. The molecule has 2 atom stereocenters. The van der Waals surface area contributed by atoms with Gasteiger partial charge in [0.1, 0.15) is 0 Å². The molecule has 0 aliphatic carbocycles. The molecule has 2 heteroatoms. The van der Waals surface area contributed by atoms with Crippen molar-refractivity contribution in [2.75, 3.05) is 13.2 Å². The summed E-state index contributed by atoms with van der Waals surface area (Å²) in [5.41, 5.74) is 2.73. The van der Waals surface area contributed by atoms with Crippen LogP contribution in [0.4, 0.5) is 0 Å². The summed E-state index contributed by atoms with van der Waals surface area (Å²) in [7, 11) is 0. The fourth-order valence-electron chi connectivity index (χ4n) is 3.39. The van der Waals surface area contributed by atoms with E-state index in [1.807, 2.05) is 0 Å². The van der Waals surface area contributed by atoms with Crippen molar-refractivity contribution in [2.24, 2.45) is 5.92 Å². The lowest BCUT2D eigenvalue weighted by atomic mass is 9.97. The normalized spacial score (nSPS) is 22.5. The Hall–Kier alpha value is -1.64. The minimum Gasteiger partial charge on any atom is -0.395 e. The molecule has 0 bridgehead atoms. The first-order chi connectivity index (χ1) is 10.3. The van der Waals surface area contributed by atoms with Crippen LogP contribution in [-0.2, 0) is 13.0 Å². The zero-order valence-corrected chi connectivity index (χ0v) is 12.4. The second kappa shape index (κ2) is 6.88. The molecular weight excluding hydrogens is 258 g/mol. The van der Waals surface area contributed by atoms with Gasteiger partial charge >= 0.3 is 0 Å². The minimum atomic E-state index is 0.262. The lowest BCUT2D eigenvalue weighted by Gasteiger charge is -2.22. The maximum atomic E-state index is 9.66.